The first-order valence-corrected chi connectivity index (χ1v) is 8.49. The number of hydrogen-bond donors (Lipinski definition) is 1. The van der Waals surface area contributed by atoms with Crippen LogP contribution in [0.3, 0.4) is 0 Å². The van der Waals surface area contributed by atoms with Crippen LogP contribution in [0.5, 0.6) is 0 Å². The minimum Gasteiger partial charge on any atom is -0.345 e. The highest BCUT2D eigenvalue weighted by Crippen LogP contribution is 2.23. The molecule has 0 fully saturated rings. The zero-order chi connectivity index (χ0) is 18.5. The lowest BCUT2D eigenvalue weighted by atomic mass is 10.0. The van der Waals surface area contributed by atoms with E-state index in [-0.39, 0.29) is 11.6 Å². The van der Waals surface area contributed by atoms with Crippen molar-refractivity contribution in [1.82, 2.24) is 10.3 Å². The number of aromatic nitrogens is 1. The van der Waals surface area contributed by atoms with Gasteiger partial charge in [0, 0.05) is 16.6 Å². The zero-order valence-electron chi connectivity index (χ0n) is 14.1. The first-order valence-electron chi connectivity index (χ1n) is 8.11. The Hall–Kier alpha value is -3.16. The summed E-state index contributed by atoms with van der Waals surface area (Å²) in [5.74, 6) is -0.444. The molecule has 1 atom stereocenters. The predicted octanol–water partition coefficient (Wildman–Crippen LogP) is 4.67. The van der Waals surface area contributed by atoms with Gasteiger partial charge in [-0.05, 0) is 42.3 Å². The summed E-state index contributed by atoms with van der Waals surface area (Å²) in [5.41, 5.74) is 2.41. The molecule has 4 nitrogen and oxygen atoms in total. The van der Waals surface area contributed by atoms with E-state index < -0.39 is 5.91 Å². The van der Waals surface area contributed by atoms with E-state index in [2.05, 4.69) is 10.3 Å². The quantitative estimate of drug-likeness (QED) is 0.542. The molecule has 3 rings (SSSR count). The van der Waals surface area contributed by atoms with Crippen LogP contribution in [0.15, 0.2) is 66.4 Å². The Morgan fingerprint density at radius 1 is 1.19 bits per heavy atom. The molecule has 0 spiro atoms. The Bertz CT molecular complexity index is 1030. The van der Waals surface area contributed by atoms with E-state index in [9.17, 15) is 10.1 Å². The molecule has 0 unspecified atom stereocenters. The summed E-state index contributed by atoms with van der Waals surface area (Å²) in [4.78, 5) is 16.8. The van der Waals surface area contributed by atoms with Gasteiger partial charge in [0.1, 0.15) is 11.6 Å². The Kier molecular flexibility index (Phi) is 5.31. The summed E-state index contributed by atoms with van der Waals surface area (Å²) in [6.07, 6.45) is 3.24. The number of fused-ring (bicyclic) bond motifs is 1. The summed E-state index contributed by atoms with van der Waals surface area (Å²) in [7, 11) is 0. The molecule has 0 bridgehead atoms. The lowest BCUT2D eigenvalue weighted by molar-refractivity contribution is -0.117. The van der Waals surface area contributed by atoms with Crippen molar-refractivity contribution in [1.29, 1.82) is 5.26 Å². The van der Waals surface area contributed by atoms with Crippen molar-refractivity contribution in [3.05, 3.63) is 82.5 Å². The van der Waals surface area contributed by atoms with Crippen LogP contribution in [0.1, 0.15) is 24.1 Å². The lowest BCUT2D eigenvalue weighted by Gasteiger charge is -2.15. The molecule has 0 saturated heterocycles. The minimum absolute atomic E-state index is 0.0280. The van der Waals surface area contributed by atoms with Crippen molar-refractivity contribution in [2.75, 3.05) is 0 Å². The number of amides is 1. The minimum atomic E-state index is -0.444. The number of benzene rings is 2. The van der Waals surface area contributed by atoms with Gasteiger partial charge < -0.3 is 5.32 Å². The molecule has 2 aromatic carbocycles. The highest BCUT2D eigenvalue weighted by Gasteiger charge is 2.16. The molecule has 1 N–H and O–H groups in total. The molecular weight excluding hydrogens is 346 g/mol. The van der Waals surface area contributed by atoms with E-state index >= 15 is 0 Å². The fourth-order valence-electron chi connectivity index (χ4n) is 2.73. The third-order valence-corrected chi connectivity index (χ3v) is 4.41. The second-order valence-corrected chi connectivity index (χ2v) is 6.21. The molecular formula is C21H16ClN3O. The number of para-hydroxylation sites is 1. The molecule has 1 amide bonds. The Balaban J connectivity index is 1.88. The maximum Gasteiger partial charge on any atom is 0.262 e. The molecule has 1 aromatic heterocycles. The van der Waals surface area contributed by atoms with Crippen LogP contribution in [-0.4, -0.2) is 10.9 Å². The predicted molar refractivity (Wildman–Crippen MR) is 103 cm³/mol. The normalized spacial score (nSPS) is 12.4. The average molecular weight is 362 g/mol. The van der Waals surface area contributed by atoms with Gasteiger partial charge in [-0.1, -0.05) is 48.0 Å². The van der Waals surface area contributed by atoms with Gasteiger partial charge in [0.25, 0.3) is 5.91 Å². The number of rotatable bonds is 4. The van der Waals surface area contributed by atoms with Crippen LogP contribution in [0.2, 0.25) is 5.02 Å². The summed E-state index contributed by atoms with van der Waals surface area (Å²) in [5, 5.41) is 13.7. The van der Waals surface area contributed by atoms with Crippen LogP contribution >= 0.6 is 11.6 Å². The maximum absolute atomic E-state index is 12.5. The van der Waals surface area contributed by atoms with Crippen LogP contribution in [0.4, 0.5) is 0 Å². The van der Waals surface area contributed by atoms with Gasteiger partial charge in [0.2, 0.25) is 0 Å². The molecule has 0 aliphatic heterocycles. The molecule has 1 heterocycles. The third-order valence-electron chi connectivity index (χ3n) is 4.07. The van der Waals surface area contributed by atoms with E-state index in [1.807, 2.05) is 55.5 Å². The van der Waals surface area contributed by atoms with Crippen LogP contribution in [0.25, 0.3) is 17.0 Å². The topological polar surface area (TPSA) is 65.8 Å². The number of pyridine rings is 1. The number of hydrogen-bond acceptors (Lipinski definition) is 3. The molecule has 0 aliphatic rings. The molecule has 0 radical (unpaired) electrons. The van der Waals surface area contributed by atoms with Crippen molar-refractivity contribution in [3.63, 3.8) is 0 Å². The average Bonchev–Trinajstić information content (AvgIpc) is 2.66. The number of nitriles is 1. The van der Waals surface area contributed by atoms with Gasteiger partial charge in [-0.25, -0.2) is 0 Å². The van der Waals surface area contributed by atoms with Crippen molar-refractivity contribution < 1.29 is 4.79 Å². The van der Waals surface area contributed by atoms with Gasteiger partial charge in [0.15, 0.2) is 0 Å². The van der Waals surface area contributed by atoms with Crippen LogP contribution < -0.4 is 5.32 Å². The lowest BCUT2D eigenvalue weighted by Crippen LogP contribution is -2.27. The number of halogens is 1. The molecule has 0 aliphatic carbocycles. The number of nitrogens with zero attached hydrogens (tertiary/aromatic N) is 2. The molecule has 26 heavy (non-hydrogen) atoms. The van der Waals surface area contributed by atoms with Crippen LogP contribution in [-0.2, 0) is 4.79 Å². The SMILES string of the molecule is C[C@H](NC(=O)/C(C#N)=C/c1ccnc2ccccc12)c1ccccc1Cl. The first-order chi connectivity index (χ1) is 12.6. The number of carbonyl (C=O) groups is 1. The summed E-state index contributed by atoms with van der Waals surface area (Å²) < 4.78 is 0. The molecule has 5 heteroatoms. The number of nitrogens with one attached hydrogen (secondary N) is 1. The van der Waals surface area contributed by atoms with Crippen molar-refractivity contribution in [3.8, 4) is 6.07 Å². The van der Waals surface area contributed by atoms with E-state index in [1.165, 1.54) is 0 Å². The Morgan fingerprint density at radius 3 is 2.69 bits per heavy atom. The number of carbonyl (C=O) groups excluding carboxylic acids is 1. The fraction of sp³-hybridized carbons (Fsp3) is 0.0952. The van der Waals surface area contributed by atoms with Gasteiger partial charge in [0.05, 0.1) is 11.6 Å². The van der Waals surface area contributed by atoms with Crippen molar-refractivity contribution >= 4 is 34.5 Å². The Labute approximate surface area is 156 Å². The first kappa shape index (κ1) is 17.7. The maximum atomic E-state index is 12.5. The molecule has 128 valence electrons. The third kappa shape index (κ3) is 3.74. The molecule has 3 aromatic rings. The second kappa shape index (κ2) is 7.81. The van der Waals surface area contributed by atoms with Gasteiger partial charge in [-0.2, -0.15) is 5.26 Å². The monoisotopic (exact) mass is 361 g/mol. The van der Waals surface area contributed by atoms with E-state index in [0.717, 1.165) is 22.0 Å². The highest BCUT2D eigenvalue weighted by molar-refractivity contribution is 6.31. The van der Waals surface area contributed by atoms with E-state index in [4.69, 9.17) is 11.6 Å². The van der Waals surface area contributed by atoms with E-state index in [1.54, 1.807) is 24.4 Å². The van der Waals surface area contributed by atoms with Gasteiger partial charge in [-0.3, -0.25) is 9.78 Å². The highest BCUT2D eigenvalue weighted by atomic mass is 35.5. The Morgan fingerprint density at radius 2 is 1.92 bits per heavy atom. The fourth-order valence-corrected chi connectivity index (χ4v) is 3.03. The standard InChI is InChI=1S/C21H16ClN3O/c1-14(17-6-2-4-8-19(17)22)25-21(26)16(13-23)12-15-10-11-24-20-9-5-3-7-18(15)20/h2-12,14H,1H3,(H,25,26)/b16-12+/t14-/m0/s1. The zero-order valence-corrected chi connectivity index (χ0v) is 14.9. The summed E-state index contributed by atoms with van der Waals surface area (Å²) >= 11 is 6.17. The van der Waals surface area contributed by atoms with Gasteiger partial charge in [-0.15, -0.1) is 0 Å². The smallest absolute Gasteiger partial charge is 0.262 e. The van der Waals surface area contributed by atoms with Gasteiger partial charge >= 0.3 is 0 Å². The summed E-state index contributed by atoms with van der Waals surface area (Å²) in [6.45, 7) is 1.83. The van der Waals surface area contributed by atoms with Crippen molar-refractivity contribution in [2.24, 2.45) is 0 Å². The summed E-state index contributed by atoms with van der Waals surface area (Å²) in [6, 6.07) is 18.3. The van der Waals surface area contributed by atoms with E-state index in [0.29, 0.717) is 5.02 Å². The second-order valence-electron chi connectivity index (χ2n) is 5.80. The largest absolute Gasteiger partial charge is 0.345 e. The van der Waals surface area contributed by atoms with Crippen molar-refractivity contribution in [2.45, 2.75) is 13.0 Å². The van der Waals surface area contributed by atoms with Crippen LogP contribution in [0, 0.1) is 11.3 Å². The molecule has 0 saturated carbocycles.